The molecule has 10 heteroatoms. The molecule has 0 aliphatic carbocycles. The number of aryl methyl sites for hydroxylation is 7. The SMILES string of the molecule is C.Cc1cnc(-c2ccc3c(c2)nc(C)c2ccccc23)cc1C.Cc1cnc(Cl)cc1C.Cc1nc2cc(B3OC(C)(C)C(C)(C)O3)ccc2c2ccccc12.Cc1nc2cc(Cl)ccc2c2ccccc12. The summed E-state index contributed by atoms with van der Waals surface area (Å²) in [6.07, 6.45) is 3.71. The van der Waals surface area contributed by atoms with Crippen molar-refractivity contribution < 1.29 is 9.31 Å². The van der Waals surface area contributed by atoms with Crippen LogP contribution in [0, 0.1) is 48.5 Å². The summed E-state index contributed by atoms with van der Waals surface area (Å²) in [6.45, 7) is 22.7. The second-order valence-electron chi connectivity index (χ2n) is 19.7. The van der Waals surface area contributed by atoms with Gasteiger partial charge in [0, 0.05) is 72.4 Å². The van der Waals surface area contributed by atoms with E-state index in [0.29, 0.717) is 5.15 Å². The molecule has 0 N–H and O–H groups in total. The van der Waals surface area contributed by atoms with Crippen LogP contribution in [-0.4, -0.2) is 43.2 Å². The molecule has 0 radical (unpaired) electrons. The average Bonchev–Trinajstić information content (AvgIpc) is 3.59. The van der Waals surface area contributed by atoms with E-state index >= 15 is 0 Å². The van der Waals surface area contributed by atoms with Gasteiger partial charge in [0.2, 0.25) is 0 Å². The van der Waals surface area contributed by atoms with Crippen molar-refractivity contribution in [3.63, 3.8) is 0 Å². The second-order valence-corrected chi connectivity index (χ2v) is 20.6. The van der Waals surface area contributed by atoms with Crippen molar-refractivity contribution in [2.45, 2.75) is 94.8 Å². The molecule has 6 aromatic carbocycles. The Morgan fingerprint density at radius 1 is 0.411 bits per heavy atom. The molecule has 1 aliphatic heterocycles. The van der Waals surface area contributed by atoms with E-state index < -0.39 is 0 Å². The topological polar surface area (TPSA) is 82.9 Å². The van der Waals surface area contributed by atoms with Crippen LogP contribution in [0.3, 0.4) is 0 Å². The molecule has 1 fully saturated rings. The van der Waals surface area contributed by atoms with Crippen molar-refractivity contribution >= 4 is 101 Å². The van der Waals surface area contributed by atoms with E-state index in [1.807, 2.05) is 57.3 Å². The quantitative estimate of drug-likeness (QED) is 0.0969. The summed E-state index contributed by atoms with van der Waals surface area (Å²) < 4.78 is 12.3. The maximum atomic E-state index is 6.17. The number of pyridine rings is 5. The molecular weight excluding hydrogens is 940 g/mol. The van der Waals surface area contributed by atoms with Crippen LogP contribution < -0.4 is 5.46 Å². The highest BCUT2D eigenvalue weighted by Crippen LogP contribution is 2.37. The smallest absolute Gasteiger partial charge is 0.399 e. The molecule has 1 aliphatic rings. The third-order valence-corrected chi connectivity index (χ3v) is 14.6. The molecule has 11 aromatic rings. The summed E-state index contributed by atoms with van der Waals surface area (Å²) in [5.41, 5.74) is 13.4. The number of nitrogens with zero attached hydrogens (tertiary/aromatic N) is 5. The van der Waals surface area contributed by atoms with Crippen LogP contribution in [0.4, 0.5) is 0 Å². The van der Waals surface area contributed by atoms with Gasteiger partial charge in [-0.1, -0.05) is 134 Å². The molecule has 12 rings (SSSR count). The van der Waals surface area contributed by atoms with Gasteiger partial charge in [-0.2, -0.15) is 0 Å². The number of benzene rings is 6. The fourth-order valence-electron chi connectivity index (χ4n) is 9.03. The molecule has 0 atom stereocenters. The van der Waals surface area contributed by atoms with Gasteiger partial charge in [0.1, 0.15) is 5.15 Å². The van der Waals surface area contributed by atoms with E-state index in [0.717, 1.165) is 66.1 Å². The van der Waals surface area contributed by atoms with Crippen LogP contribution in [0.15, 0.2) is 152 Å². The largest absolute Gasteiger partial charge is 0.494 e. The van der Waals surface area contributed by atoms with Gasteiger partial charge >= 0.3 is 7.12 Å². The highest BCUT2D eigenvalue weighted by atomic mass is 35.5. The van der Waals surface area contributed by atoms with Crippen LogP contribution in [0.5, 0.6) is 0 Å². The van der Waals surface area contributed by atoms with Gasteiger partial charge in [-0.15, -0.1) is 0 Å². The molecule has 0 spiro atoms. The van der Waals surface area contributed by atoms with Crippen LogP contribution in [-0.2, 0) is 9.31 Å². The summed E-state index contributed by atoms with van der Waals surface area (Å²) in [5.74, 6) is 0. The number of aromatic nitrogens is 5. The maximum Gasteiger partial charge on any atom is 0.494 e. The summed E-state index contributed by atoms with van der Waals surface area (Å²) >= 11 is 11.6. The van der Waals surface area contributed by atoms with Gasteiger partial charge in [0.05, 0.1) is 33.4 Å². The van der Waals surface area contributed by atoms with Gasteiger partial charge < -0.3 is 9.31 Å². The van der Waals surface area contributed by atoms with Crippen molar-refractivity contribution in [1.82, 2.24) is 24.9 Å². The molecule has 6 heterocycles. The first-order valence-corrected chi connectivity index (χ1v) is 25.0. The zero-order valence-corrected chi connectivity index (χ0v) is 44.3. The molecule has 5 aromatic heterocycles. The average molecular weight is 1000 g/mol. The van der Waals surface area contributed by atoms with Crippen molar-refractivity contribution in [3.8, 4) is 11.3 Å². The van der Waals surface area contributed by atoms with E-state index in [-0.39, 0.29) is 25.7 Å². The van der Waals surface area contributed by atoms with Crippen molar-refractivity contribution in [1.29, 1.82) is 0 Å². The third-order valence-electron chi connectivity index (χ3n) is 14.2. The third kappa shape index (κ3) is 11.0. The summed E-state index contributed by atoms with van der Waals surface area (Å²) in [6, 6.07) is 47.8. The fraction of sp³-hybridized carbons (Fsp3) is 0.222. The minimum atomic E-state index is -0.354. The Balaban J connectivity index is 0.000000136. The van der Waals surface area contributed by atoms with Crippen LogP contribution in [0.1, 0.15) is 74.5 Å². The molecule has 0 saturated carbocycles. The molecule has 7 nitrogen and oxygen atoms in total. The molecule has 0 bridgehead atoms. The number of fused-ring (bicyclic) bond motifs is 9. The molecule has 368 valence electrons. The van der Waals surface area contributed by atoms with Crippen LogP contribution >= 0.6 is 23.2 Å². The highest BCUT2D eigenvalue weighted by molar-refractivity contribution is 6.62. The maximum absolute atomic E-state index is 6.17. The van der Waals surface area contributed by atoms with E-state index in [2.05, 4.69) is 180 Å². The van der Waals surface area contributed by atoms with Crippen LogP contribution in [0.2, 0.25) is 10.2 Å². The van der Waals surface area contributed by atoms with E-state index in [9.17, 15) is 0 Å². The molecule has 73 heavy (non-hydrogen) atoms. The number of rotatable bonds is 2. The first-order chi connectivity index (χ1) is 34.4. The predicted molar refractivity (Wildman–Crippen MR) is 311 cm³/mol. The second kappa shape index (κ2) is 21.3. The Kier molecular flexibility index (Phi) is 15.4. The lowest BCUT2D eigenvalue weighted by Gasteiger charge is -2.32. The number of hydrogen-bond donors (Lipinski definition) is 0. The van der Waals surface area contributed by atoms with Gasteiger partial charge in [-0.05, 0) is 156 Å². The standard InChI is InChI=1S/C21H18N2.C20H22BNO2.C14H10ClN.C7H8ClN.CH4/c1-13-10-20(22-12-14(13)2)16-8-9-19-18-7-5-4-6-17(18)15(3)23-21(19)11-16;1-13-15-8-6-7-9-16(15)17-11-10-14(12-18(17)22-13)21-23-19(2,3)20(4,5)24-21;1-9-11-4-2-3-5-12(11)13-7-6-10(15)8-14(13)16-9;1-5-3-7(8)9-4-6(5)2;/h4-12H,1-3H3;6-12H,1-5H3;2-8H,1H3;3-4H,1-2H3;1H4. The minimum absolute atomic E-state index is 0. The first-order valence-electron chi connectivity index (χ1n) is 24.3. The normalized spacial score (nSPS) is 13.5. The van der Waals surface area contributed by atoms with E-state index in [1.54, 1.807) is 6.20 Å². The van der Waals surface area contributed by atoms with Crippen molar-refractivity contribution in [2.75, 3.05) is 0 Å². The molecule has 0 unspecified atom stereocenters. The first kappa shape index (κ1) is 52.5. The lowest BCUT2D eigenvalue weighted by Crippen LogP contribution is -2.41. The number of halogens is 2. The lowest BCUT2D eigenvalue weighted by molar-refractivity contribution is 0.00578. The summed E-state index contributed by atoms with van der Waals surface area (Å²) in [5, 5.41) is 12.2. The van der Waals surface area contributed by atoms with E-state index in [4.69, 9.17) is 42.5 Å². The van der Waals surface area contributed by atoms with Crippen molar-refractivity contribution in [2.24, 2.45) is 0 Å². The Labute approximate surface area is 440 Å². The minimum Gasteiger partial charge on any atom is -0.399 e. The Morgan fingerprint density at radius 3 is 1.29 bits per heavy atom. The highest BCUT2D eigenvalue weighted by Gasteiger charge is 2.51. The zero-order chi connectivity index (χ0) is 51.1. The van der Waals surface area contributed by atoms with Crippen LogP contribution in [0.25, 0.3) is 76.3 Å². The van der Waals surface area contributed by atoms with E-state index in [1.165, 1.54) is 60.0 Å². The Bertz CT molecular complexity index is 3840. The molecular formula is C63H62BCl2N5O2. The lowest BCUT2D eigenvalue weighted by atomic mass is 9.78. The van der Waals surface area contributed by atoms with Gasteiger partial charge in [-0.3, -0.25) is 19.9 Å². The summed E-state index contributed by atoms with van der Waals surface area (Å²) in [4.78, 5) is 22.7. The Hall–Kier alpha value is -6.81. The van der Waals surface area contributed by atoms with Crippen molar-refractivity contribution in [3.05, 3.63) is 201 Å². The zero-order valence-electron chi connectivity index (χ0n) is 42.8. The fourth-order valence-corrected chi connectivity index (χ4v) is 9.41. The van der Waals surface area contributed by atoms with Gasteiger partial charge in [0.25, 0.3) is 0 Å². The molecule has 0 amide bonds. The predicted octanol–water partition coefficient (Wildman–Crippen LogP) is 16.7. The Morgan fingerprint density at radius 2 is 0.822 bits per heavy atom. The van der Waals surface area contributed by atoms with Gasteiger partial charge in [-0.25, -0.2) is 4.98 Å². The number of hydrogen-bond acceptors (Lipinski definition) is 7. The van der Waals surface area contributed by atoms with Gasteiger partial charge in [0.15, 0.2) is 0 Å². The molecule has 1 saturated heterocycles. The monoisotopic (exact) mass is 1000 g/mol. The summed E-state index contributed by atoms with van der Waals surface area (Å²) in [7, 11) is -0.354.